The summed E-state index contributed by atoms with van der Waals surface area (Å²) >= 11 is 1.52. The van der Waals surface area contributed by atoms with E-state index in [-0.39, 0.29) is 0 Å². The van der Waals surface area contributed by atoms with Gasteiger partial charge in [-0.05, 0) is 34.0 Å². The molecule has 0 bridgehead atoms. The number of hydrogen-bond donors (Lipinski definition) is 1. The van der Waals surface area contributed by atoms with E-state index in [1.54, 1.807) is 0 Å². The molecule has 0 spiro atoms. The minimum absolute atomic E-state index is 0.632. The molecule has 100 valence electrons. The molecule has 1 aromatic heterocycles. The second kappa shape index (κ2) is 7.20. The van der Waals surface area contributed by atoms with Crippen LogP contribution in [0, 0.1) is 0 Å². The largest absolute Gasteiger partial charge is 0.354 e. The van der Waals surface area contributed by atoms with E-state index in [9.17, 15) is 0 Å². The zero-order valence-electron chi connectivity index (χ0n) is 11.7. The Hall–Kier alpha value is -1.30. The molecule has 1 N–H and O–H groups in total. The summed E-state index contributed by atoms with van der Waals surface area (Å²) in [5.74, 6) is 1.32. The van der Waals surface area contributed by atoms with Gasteiger partial charge in [0.15, 0.2) is 5.16 Å². The van der Waals surface area contributed by atoms with Gasteiger partial charge in [-0.2, -0.15) is 15.0 Å². The molecule has 0 unspecified atom stereocenters. The Morgan fingerprint density at radius 2 is 2.00 bits per heavy atom. The van der Waals surface area contributed by atoms with Crippen LogP contribution in [0.1, 0.15) is 27.7 Å². The summed E-state index contributed by atoms with van der Waals surface area (Å²) in [6.45, 7) is 9.85. The fraction of sp³-hybridized carbons (Fsp3) is 0.583. The zero-order chi connectivity index (χ0) is 13.5. The Balaban J connectivity index is 3.12. The van der Waals surface area contributed by atoms with Gasteiger partial charge in [-0.1, -0.05) is 17.3 Å². The minimum Gasteiger partial charge on any atom is -0.354 e. The third-order valence-electron chi connectivity index (χ3n) is 2.13. The van der Waals surface area contributed by atoms with Gasteiger partial charge in [-0.3, -0.25) is 0 Å². The van der Waals surface area contributed by atoms with Crippen LogP contribution in [-0.4, -0.2) is 34.3 Å². The molecule has 0 aliphatic carbocycles. The number of nitrogens with one attached hydrogen (secondary N) is 1. The molecule has 0 fully saturated rings. The van der Waals surface area contributed by atoms with E-state index in [4.69, 9.17) is 0 Å². The van der Waals surface area contributed by atoms with E-state index < -0.39 is 0 Å². The first kappa shape index (κ1) is 14.8. The van der Waals surface area contributed by atoms with E-state index >= 15 is 0 Å². The van der Waals surface area contributed by atoms with Crippen LogP contribution in [0.4, 0.5) is 11.9 Å². The van der Waals surface area contributed by atoms with Gasteiger partial charge in [0.2, 0.25) is 11.9 Å². The molecule has 1 aromatic rings. The van der Waals surface area contributed by atoms with Crippen molar-refractivity contribution in [3.63, 3.8) is 0 Å². The average molecular weight is 267 g/mol. The molecule has 1 heterocycles. The Kier molecular flexibility index (Phi) is 5.91. The molecule has 0 saturated carbocycles. The van der Waals surface area contributed by atoms with Crippen molar-refractivity contribution in [1.82, 2.24) is 15.0 Å². The SMILES string of the molecule is CCNc1nc(SC)nc(N(C=C(C)C)CC)n1. The summed E-state index contributed by atoms with van der Waals surface area (Å²) in [6.07, 6.45) is 4.02. The van der Waals surface area contributed by atoms with Gasteiger partial charge in [-0.15, -0.1) is 0 Å². The number of hydrogen-bond acceptors (Lipinski definition) is 6. The molecule has 5 nitrogen and oxygen atoms in total. The van der Waals surface area contributed by atoms with Crippen LogP contribution >= 0.6 is 11.8 Å². The normalized spacial score (nSPS) is 10.1. The van der Waals surface area contributed by atoms with Crippen LogP contribution in [0.2, 0.25) is 0 Å². The van der Waals surface area contributed by atoms with Crippen molar-refractivity contribution < 1.29 is 0 Å². The second-order valence-corrected chi connectivity index (χ2v) is 4.74. The quantitative estimate of drug-likeness (QED) is 0.800. The standard InChI is InChI=1S/C12H21N5S/c1-6-13-10-14-11(16-12(15-10)18-5)17(7-2)8-9(3)4/h8H,6-7H2,1-5H3,(H,13,14,15,16). The fourth-order valence-electron chi connectivity index (χ4n) is 1.40. The molecule has 0 atom stereocenters. The lowest BCUT2D eigenvalue weighted by atomic mass is 10.4. The van der Waals surface area contributed by atoms with Crippen LogP contribution < -0.4 is 10.2 Å². The summed E-state index contributed by atoms with van der Waals surface area (Å²) in [7, 11) is 0. The van der Waals surface area contributed by atoms with Crippen LogP contribution in [0.25, 0.3) is 0 Å². The summed E-state index contributed by atoms with van der Waals surface area (Å²) in [5.41, 5.74) is 1.22. The summed E-state index contributed by atoms with van der Waals surface area (Å²) in [6, 6.07) is 0. The Labute approximate surface area is 113 Å². The number of allylic oxidation sites excluding steroid dienone is 1. The number of nitrogens with zero attached hydrogens (tertiary/aromatic N) is 4. The second-order valence-electron chi connectivity index (χ2n) is 3.97. The highest BCUT2D eigenvalue weighted by atomic mass is 32.2. The Bertz CT molecular complexity index is 415. The van der Waals surface area contributed by atoms with E-state index in [2.05, 4.69) is 47.2 Å². The maximum atomic E-state index is 4.44. The van der Waals surface area contributed by atoms with E-state index in [1.807, 2.05) is 18.1 Å². The molecule has 0 amide bonds. The van der Waals surface area contributed by atoms with Crippen LogP contribution in [0.5, 0.6) is 0 Å². The van der Waals surface area contributed by atoms with Crippen molar-refractivity contribution in [2.75, 3.05) is 29.6 Å². The van der Waals surface area contributed by atoms with Gasteiger partial charge < -0.3 is 10.2 Å². The first-order valence-corrected chi connectivity index (χ1v) is 7.28. The predicted molar refractivity (Wildman–Crippen MR) is 78.2 cm³/mol. The van der Waals surface area contributed by atoms with Crippen molar-refractivity contribution in [1.29, 1.82) is 0 Å². The lowest BCUT2D eigenvalue weighted by molar-refractivity contribution is 0.846. The third kappa shape index (κ3) is 4.18. The Morgan fingerprint density at radius 3 is 2.50 bits per heavy atom. The van der Waals surface area contributed by atoms with Crippen molar-refractivity contribution in [3.8, 4) is 0 Å². The fourth-order valence-corrected chi connectivity index (χ4v) is 1.76. The lowest BCUT2D eigenvalue weighted by Gasteiger charge is -2.17. The summed E-state index contributed by atoms with van der Waals surface area (Å²) < 4.78 is 0. The Morgan fingerprint density at radius 1 is 1.28 bits per heavy atom. The topological polar surface area (TPSA) is 53.9 Å². The smallest absolute Gasteiger partial charge is 0.235 e. The molecular weight excluding hydrogens is 246 g/mol. The minimum atomic E-state index is 0.632. The van der Waals surface area contributed by atoms with Gasteiger partial charge >= 0.3 is 0 Å². The number of thioether (sulfide) groups is 1. The molecule has 1 rings (SSSR count). The van der Waals surface area contributed by atoms with Gasteiger partial charge in [0.05, 0.1) is 0 Å². The van der Waals surface area contributed by atoms with Gasteiger partial charge in [0, 0.05) is 19.3 Å². The van der Waals surface area contributed by atoms with Crippen LogP contribution in [0.15, 0.2) is 16.9 Å². The van der Waals surface area contributed by atoms with Crippen LogP contribution in [-0.2, 0) is 0 Å². The zero-order valence-corrected chi connectivity index (χ0v) is 12.5. The highest BCUT2D eigenvalue weighted by molar-refractivity contribution is 7.98. The van der Waals surface area contributed by atoms with Crippen molar-refractivity contribution >= 4 is 23.7 Å². The van der Waals surface area contributed by atoms with Crippen LogP contribution in [0.3, 0.4) is 0 Å². The number of rotatable bonds is 6. The molecule has 0 aliphatic rings. The van der Waals surface area contributed by atoms with Crippen molar-refractivity contribution in [2.24, 2.45) is 0 Å². The number of anilines is 2. The lowest BCUT2D eigenvalue weighted by Crippen LogP contribution is -2.20. The summed E-state index contributed by atoms with van der Waals surface area (Å²) in [5, 5.41) is 3.86. The monoisotopic (exact) mass is 267 g/mol. The first-order valence-electron chi connectivity index (χ1n) is 6.06. The van der Waals surface area contributed by atoms with Gasteiger partial charge in [-0.25, -0.2) is 0 Å². The predicted octanol–water partition coefficient (Wildman–Crippen LogP) is 2.78. The molecule has 0 aromatic carbocycles. The van der Waals surface area contributed by atoms with Gasteiger partial charge in [0.25, 0.3) is 0 Å². The first-order chi connectivity index (χ1) is 8.60. The third-order valence-corrected chi connectivity index (χ3v) is 2.68. The highest BCUT2D eigenvalue weighted by Crippen LogP contribution is 2.17. The maximum absolute atomic E-state index is 4.44. The van der Waals surface area contributed by atoms with Crippen molar-refractivity contribution in [3.05, 3.63) is 11.8 Å². The summed E-state index contributed by atoms with van der Waals surface area (Å²) in [4.78, 5) is 15.2. The number of aromatic nitrogens is 3. The molecule has 0 radical (unpaired) electrons. The average Bonchev–Trinajstić information content (AvgIpc) is 2.35. The van der Waals surface area contributed by atoms with E-state index in [1.165, 1.54) is 17.3 Å². The maximum Gasteiger partial charge on any atom is 0.235 e. The molecule has 18 heavy (non-hydrogen) atoms. The highest BCUT2D eigenvalue weighted by Gasteiger charge is 2.10. The molecular formula is C12H21N5S. The van der Waals surface area contributed by atoms with E-state index in [0.29, 0.717) is 11.9 Å². The molecule has 6 heteroatoms. The van der Waals surface area contributed by atoms with E-state index in [0.717, 1.165) is 18.2 Å². The molecule has 0 saturated heterocycles. The van der Waals surface area contributed by atoms with Crippen molar-refractivity contribution in [2.45, 2.75) is 32.9 Å². The molecule has 0 aliphatic heterocycles. The van der Waals surface area contributed by atoms with Gasteiger partial charge in [0.1, 0.15) is 0 Å².